The first-order chi connectivity index (χ1) is 15.7. The zero-order valence-electron chi connectivity index (χ0n) is 17.3. The average Bonchev–Trinajstić information content (AvgIpc) is 3.11. The smallest absolute Gasteiger partial charge is 0.232 e. The number of allylic oxidation sites excluding steroid dienone is 1. The van der Waals surface area contributed by atoms with Crippen LogP contribution < -0.4 is 14.2 Å². The van der Waals surface area contributed by atoms with Gasteiger partial charge >= 0.3 is 0 Å². The van der Waals surface area contributed by atoms with Crippen molar-refractivity contribution in [3.05, 3.63) is 47.2 Å². The Morgan fingerprint density at radius 1 is 1.03 bits per heavy atom. The van der Waals surface area contributed by atoms with Crippen molar-refractivity contribution in [2.45, 2.75) is 30.7 Å². The second-order valence-electron chi connectivity index (χ2n) is 7.48. The topological polar surface area (TPSA) is 175 Å². The van der Waals surface area contributed by atoms with Crippen molar-refractivity contribution >= 4 is 11.9 Å². The lowest BCUT2D eigenvalue weighted by atomic mass is 9.99. The zero-order valence-corrected chi connectivity index (χ0v) is 17.3. The van der Waals surface area contributed by atoms with Crippen molar-refractivity contribution in [2.24, 2.45) is 0 Å². The molecule has 0 aliphatic carbocycles. The van der Waals surface area contributed by atoms with Gasteiger partial charge in [-0.05, 0) is 35.9 Å². The third kappa shape index (κ3) is 4.08. The quantitative estimate of drug-likeness (QED) is 0.258. The predicted octanol–water partition coefficient (Wildman–Crippen LogP) is -0.0987. The lowest BCUT2D eigenvalue weighted by molar-refractivity contribution is -0.277. The summed E-state index contributed by atoms with van der Waals surface area (Å²) < 4.78 is 22.0. The first kappa shape index (κ1) is 22.8. The number of phenolic OH excluding ortho intramolecular Hbond substituents is 2. The lowest BCUT2D eigenvalue weighted by Crippen LogP contribution is -2.60. The van der Waals surface area contributed by atoms with Gasteiger partial charge in [-0.2, -0.15) is 0 Å². The van der Waals surface area contributed by atoms with Crippen LogP contribution in [0, 0.1) is 0 Å². The van der Waals surface area contributed by atoms with E-state index in [9.17, 15) is 35.4 Å². The van der Waals surface area contributed by atoms with Crippen LogP contribution in [0.5, 0.6) is 28.7 Å². The Kier molecular flexibility index (Phi) is 6.15. The largest absolute Gasteiger partial charge is 0.504 e. The normalized spacial score (nSPS) is 27.8. The summed E-state index contributed by atoms with van der Waals surface area (Å²) in [5, 5.41) is 58.5. The number of hydrogen-bond donors (Lipinski definition) is 6. The molecule has 4 rings (SSSR count). The van der Waals surface area contributed by atoms with Gasteiger partial charge in [0.25, 0.3) is 0 Å². The van der Waals surface area contributed by atoms with Crippen LogP contribution in [0.15, 0.2) is 36.1 Å². The molecule has 2 aliphatic heterocycles. The third-order valence-electron chi connectivity index (χ3n) is 5.35. The van der Waals surface area contributed by atoms with Crippen molar-refractivity contribution in [3.63, 3.8) is 0 Å². The molecule has 2 aliphatic rings. The number of carbonyl (C=O) groups is 1. The van der Waals surface area contributed by atoms with Gasteiger partial charge in [-0.1, -0.05) is 6.07 Å². The Bertz CT molecular complexity index is 1090. The molecule has 6 N–H and O–H groups in total. The molecule has 2 heterocycles. The molecule has 0 amide bonds. The summed E-state index contributed by atoms with van der Waals surface area (Å²) in [6.45, 7) is -0.620. The van der Waals surface area contributed by atoms with Crippen molar-refractivity contribution in [3.8, 4) is 28.7 Å². The Balaban J connectivity index is 1.62. The van der Waals surface area contributed by atoms with Gasteiger partial charge in [-0.3, -0.25) is 4.79 Å². The van der Waals surface area contributed by atoms with Gasteiger partial charge in [-0.15, -0.1) is 0 Å². The molecule has 11 heteroatoms. The van der Waals surface area contributed by atoms with Crippen LogP contribution >= 0.6 is 0 Å². The van der Waals surface area contributed by atoms with E-state index in [0.29, 0.717) is 5.56 Å². The van der Waals surface area contributed by atoms with E-state index in [4.69, 9.17) is 18.9 Å². The summed E-state index contributed by atoms with van der Waals surface area (Å²) in [6, 6.07) is 6.80. The van der Waals surface area contributed by atoms with Gasteiger partial charge < -0.3 is 49.6 Å². The molecule has 0 spiro atoms. The maximum Gasteiger partial charge on any atom is 0.232 e. The first-order valence-corrected chi connectivity index (χ1v) is 9.89. The summed E-state index contributed by atoms with van der Waals surface area (Å²) in [6.07, 6.45) is -6.06. The molecule has 0 saturated carbocycles. The average molecular weight is 462 g/mol. The van der Waals surface area contributed by atoms with Gasteiger partial charge in [0.2, 0.25) is 17.8 Å². The summed E-state index contributed by atoms with van der Waals surface area (Å²) in [4.78, 5) is 12.8. The minimum atomic E-state index is -1.64. The number of benzene rings is 2. The number of fused-ring (bicyclic) bond motifs is 1. The molecule has 0 bridgehead atoms. The maximum absolute atomic E-state index is 12.8. The van der Waals surface area contributed by atoms with Gasteiger partial charge in [0.15, 0.2) is 28.8 Å². The number of aromatic hydroxyl groups is 2. The molecule has 0 unspecified atom stereocenters. The van der Waals surface area contributed by atoms with E-state index in [1.165, 1.54) is 43.5 Å². The first-order valence-electron chi connectivity index (χ1n) is 9.89. The molecule has 1 saturated heterocycles. The molecule has 0 radical (unpaired) electrons. The van der Waals surface area contributed by atoms with E-state index in [1.54, 1.807) is 0 Å². The van der Waals surface area contributed by atoms with Crippen LogP contribution in [0.25, 0.3) is 6.08 Å². The lowest BCUT2D eigenvalue weighted by Gasteiger charge is -2.39. The predicted molar refractivity (Wildman–Crippen MR) is 110 cm³/mol. The Labute approximate surface area is 187 Å². The zero-order chi connectivity index (χ0) is 23.9. The van der Waals surface area contributed by atoms with Crippen LogP contribution in [0.2, 0.25) is 0 Å². The molecule has 2 aromatic carbocycles. The van der Waals surface area contributed by atoms with Crippen LogP contribution in [0.3, 0.4) is 0 Å². The van der Waals surface area contributed by atoms with Gasteiger partial charge in [-0.25, -0.2) is 0 Å². The van der Waals surface area contributed by atoms with Crippen LogP contribution in [0.1, 0.15) is 15.9 Å². The molecule has 2 aromatic rings. The fourth-order valence-corrected chi connectivity index (χ4v) is 3.57. The monoisotopic (exact) mass is 462 g/mol. The van der Waals surface area contributed by atoms with Crippen molar-refractivity contribution in [1.82, 2.24) is 0 Å². The number of phenols is 2. The summed E-state index contributed by atoms with van der Waals surface area (Å²) >= 11 is 0. The minimum absolute atomic E-state index is 0.00904. The molecule has 0 aromatic heterocycles. The number of carbonyl (C=O) groups excluding carboxylic acids is 1. The molecule has 1 fully saturated rings. The van der Waals surface area contributed by atoms with Crippen molar-refractivity contribution in [1.29, 1.82) is 0 Å². The Hall–Kier alpha value is -3.35. The molecule has 11 nitrogen and oxygen atoms in total. The number of rotatable bonds is 5. The summed E-state index contributed by atoms with van der Waals surface area (Å²) in [5.74, 6) is -1.14. The van der Waals surface area contributed by atoms with Gasteiger partial charge in [0, 0.05) is 0 Å². The van der Waals surface area contributed by atoms with Crippen molar-refractivity contribution in [2.75, 3.05) is 13.7 Å². The van der Waals surface area contributed by atoms with E-state index < -0.39 is 43.1 Å². The van der Waals surface area contributed by atoms with Gasteiger partial charge in [0.05, 0.1) is 19.3 Å². The number of aliphatic hydroxyl groups excluding tert-OH is 4. The summed E-state index contributed by atoms with van der Waals surface area (Å²) in [7, 11) is 1.31. The fraction of sp³-hybridized carbons (Fsp3) is 0.318. The van der Waals surface area contributed by atoms with E-state index in [0.717, 1.165) is 0 Å². The van der Waals surface area contributed by atoms with Crippen LogP contribution in [0.4, 0.5) is 0 Å². The fourth-order valence-electron chi connectivity index (χ4n) is 3.57. The summed E-state index contributed by atoms with van der Waals surface area (Å²) in [5.41, 5.74) is 0.570. The molecule has 5 atom stereocenters. The highest BCUT2D eigenvalue weighted by atomic mass is 16.7. The van der Waals surface area contributed by atoms with E-state index >= 15 is 0 Å². The molecule has 176 valence electrons. The molecule has 33 heavy (non-hydrogen) atoms. The highest BCUT2D eigenvalue weighted by Crippen LogP contribution is 2.46. The van der Waals surface area contributed by atoms with Crippen LogP contribution in [-0.2, 0) is 4.74 Å². The third-order valence-corrected chi connectivity index (χ3v) is 5.35. The standard InChI is InChI=1S/C22H22O11/c1-30-21-13(32-22-19(29)18(28)17(27)15(8-23)33-22)5-3-10-16(26)14(31-20(10)21)7-9-2-4-11(24)12(25)6-9/h2-7,15,17-19,22-25,27-29H,8H2,1H3/t15-,17-,18-,19-,22-/m0/s1. The number of ketones is 1. The molecular weight excluding hydrogens is 440 g/mol. The second kappa shape index (κ2) is 8.89. The number of methoxy groups -OCH3 is 1. The highest BCUT2D eigenvalue weighted by Gasteiger charge is 2.45. The Morgan fingerprint density at radius 3 is 2.45 bits per heavy atom. The van der Waals surface area contributed by atoms with E-state index in [2.05, 4.69) is 0 Å². The van der Waals surface area contributed by atoms with E-state index in [-0.39, 0.29) is 40.1 Å². The number of aliphatic hydroxyl groups is 4. The Morgan fingerprint density at radius 2 is 1.79 bits per heavy atom. The van der Waals surface area contributed by atoms with E-state index in [1.807, 2.05) is 0 Å². The number of hydrogen-bond acceptors (Lipinski definition) is 11. The second-order valence-corrected chi connectivity index (χ2v) is 7.48. The number of ether oxygens (including phenoxy) is 4. The highest BCUT2D eigenvalue weighted by molar-refractivity contribution is 6.15. The van der Waals surface area contributed by atoms with Crippen molar-refractivity contribution < 1.29 is 54.4 Å². The minimum Gasteiger partial charge on any atom is -0.504 e. The van der Waals surface area contributed by atoms with Gasteiger partial charge in [0.1, 0.15) is 24.4 Å². The SMILES string of the molecule is COc1c(O[C@H]2O[C@@H](CO)[C@H](O)[C@H](O)[C@@H]2O)ccc2c1OC(=Cc1ccc(O)c(O)c1)C2=O. The maximum atomic E-state index is 12.8. The molecular formula is C22H22O11. The van der Waals surface area contributed by atoms with Crippen LogP contribution in [-0.4, -0.2) is 80.8 Å². The number of Topliss-reactive ketones (excluding diaryl/α,β-unsaturated/α-hetero) is 1.